The highest BCUT2D eigenvalue weighted by molar-refractivity contribution is 5.97. The summed E-state index contributed by atoms with van der Waals surface area (Å²) in [5.74, 6) is -1.39. The summed E-state index contributed by atoms with van der Waals surface area (Å²) in [4.78, 5) is 28.8. The van der Waals surface area contributed by atoms with Gasteiger partial charge in [-0.1, -0.05) is 0 Å². The van der Waals surface area contributed by atoms with Gasteiger partial charge in [0.25, 0.3) is 5.91 Å². The molecular weight excluding hydrogens is 400 g/mol. The van der Waals surface area contributed by atoms with E-state index in [9.17, 15) is 27.2 Å². The molecule has 30 heavy (non-hydrogen) atoms. The minimum atomic E-state index is -4.44. The van der Waals surface area contributed by atoms with Gasteiger partial charge in [-0.3, -0.25) is 9.59 Å². The monoisotopic (exact) mass is 422 g/mol. The number of alkyl halides is 3. The maximum absolute atomic E-state index is 13.1. The summed E-state index contributed by atoms with van der Waals surface area (Å²) in [5, 5.41) is 0. The zero-order valence-corrected chi connectivity index (χ0v) is 16.5. The Balaban J connectivity index is 1.72. The molecule has 0 saturated carbocycles. The molecule has 0 spiro atoms. The van der Waals surface area contributed by atoms with Gasteiger partial charge < -0.3 is 9.80 Å². The van der Waals surface area contributed by atoms with Crippen LogP contribution in [0, 0.1) is 11.7 Å². The molecule has 0 bridgehead atoms. The number of amides is 2. The molecule has 0 aromatic heterocycles. The van der Waals surface area contributed by atoms with Gasteiger partial charge in [0.15, 0.2) is 0 Å². The molecule has 2 aromatic carbocycles. The number of hydrogen-bond acceptors (Lipinski definition) is 2. The second kappa shape index (κ2) is 8.85. The van der Waals surface area contributed by atoms with Crippen molar-refractivity contribution in [2.45, 2.75) is 25.9 Å². The number of carbonyl (C=O) groups excluding carboxylic acids is 2. The Kier molecular flexibility index (Phi) is 6.43. The molecule has 0 aliphatic carbocycles. The van der Waals surface area contributed by atoms with E-state index in [2.05, 4.69) is 0 Å². The molecule has 0 N–H and O–H groups in total. The van der Waals surface area contributed by atoms with Crippen LogP contribution in [-0.2, 0) is 11.0 Å². The minimum Gasteiger partial charge on any atom is -0.338 e. The number of likely N-dealkylation sites (tertiary alicyclic amines) is 1. The van der Waals surface area contributed by atoms with Gasteiger partial charge >= 0.3 is 6.18 Å². The van der Waals surface area contributed by atoms with Crippen molar-refractivity contribution >= 4 is 17.5 Å². The van der Waals surface area contributed by atoms with Crippen molar-refractivity contribution in [1.29, 1.82) is 0 Å². The topological polar surface area (TPSA) is 40.6 Å². The summed E-state index contributed by atoms with van der Waals surface area (Å²) in [5.41, 5.74) is -0.0411. The van der Waals surface area contributed by atoms with Crippen LogP contribution >= 0.6 is 0 Å². The lowest BCUT2D eigenvalue weighted by Crippen LogP contribution is -2.47. The predicted molar refractivity (Wildman–Crippen MR) is 104 cm³/mol. The summed E-state index contributed by atoms with van der Waals surface area (Å²) in [6.45, 7) is 2.75. The fraction of sp³-hybridized carbons (Fsp3) is 0.364. The largest absolute Gasteiger partial charge is 0.416 e. The summed E-state index contributed by atoms with van der Waals surface area (Å²) in [6, 6.07) is 9.72. The number of halogens is 4. The van der Waals surface area contributed by atoms with E-state index in [1.165, 1.54) is 41.3 Å². The smallest absolute Gasteiger partial charge is 0.338 e. The number of rotatable bonds is 4. The molecule has 4 nitrogen and oxygen atoms in total. The van der Waals surface area contributed by atoms with Gasteiger partial charge in [-0.2, -0.15) is 13.2 Å². The Bertz CT molecular complexity index is 895. The van der Waals surface area contributed by atoms with E-state index in [0.717, 1.165) is 12.1 Å². The highest BCUT2D eigenvalue weighted by Crippen LogP contribution is 2.31. The summed E-state index contributed by atoms with van der Waals surface area (Å²) < 4.78 is 51.5. The fourth-order valence-electron chi connectivity index (χ4n) is 3.65. The molecule has 1 aliphatic rings. The van der Waals surface area contributed by atoms with Gasteiger partial charge in [-0.05, 0) is 68.3 Å². The normalized spacial score (nSPS) is 17.0. The standard InChI is InChI=1S/C22H22F4N2O2/c1-2-28(19-11-7-17(8-12-19)22(24,25)26)21(30)16-4-3-13-27(14-16)20(29)15-5-9-18(23)10-6-15/h5-12,16H,2-4,13-14H2,1H3/t16-/m1/s1. The van der Waals surface area contributed by atoms with Crippen LogP contribution in [0.3, 0.4) is 0 Å². The molecule has 1 heterocycles. The first-order valence-corrected chi connectivity index (χ1v) is 9.74. The number of nitrogens with zero attached hydrogens (tertiary/aromatic N) is 2. The van der Waals surface area contributed by atoms with Crippen LogP contribution in [0.25, 0.3) is 0 Å². The zero-order chi connectivity index (χ0) is 21.9. The maximum Gasteiger partial charge on any atom is 0.416 e. The number of anilines is 1. The maximum atomic E-state index is 13.1. The highest BCUT2D eigenvalue weighted by Gasteiger charge is 2.33. The number of hydrogen-bond donors (Lipinski definition) is 0. The van der Waals surface area contributed by atoms with Crippen molar-refractivity contribution in [1.82, 2.24) is 4.90 Å². The molecule has 1 atom stereocenters. The second-order valence-corrected chi connectivity index (χ2v) is 7.22. The quantitative estimate of drug-likeness (QED) is 0.668. The van der Waals surface area contributed by atoms with Crippen molar-refractivity contribution in [3.63, 3.8) is 0 Å². The van der Waals surface area contributed by atoms with Crippen LogP contribution < -0.4 is 4.90 Å². The first-order valence-electron chi connectivity index (χ1n) is 9.74. The summed E-state index contributed by atoms with van der Waals surface area (Å²) in [7, 11) is 0. The third kappa shape index (κ3) is 4.80. The van der Waals surface area contributed by atoms with Gasteiger partial charge in [0, 0.05) is 30.9 Å². The van der Waals surface area contributed by atoms with Crippen LogP contribution in [-0.4, -0.2) is 36.3 Å². The van der Waals surface area contributed by atoms with Crippen molar-refractivity contribution in [3.8, 4) is 0 Å². The molecule has 0 unspecified atom stereocenters. The molecule has 1 saturated heterocycles. The molecule has 1 aliphatic heterocycles. The number of benzene rings is 2. The summed E-state index contributed by atoms with van der Waals surface area (Å²) >= 11 is 0. The van der Waals surface area contributed by atoms with E-state index >= 15 is 0 Å². The van der Waals surface area contributed by atoms with Crippen LogP contribution in [0.5, 0.6) is 0 Å². The third-order valence-corrected chi connectivity index (χ3v) is 5.24. The Morgan fingerprint density at radius 3 is 2.27 bits per heavy atom. The van der Waals surface area contributed by atoms with E-state index < -0.39 is 23.5 Å². The van der Waals surface area contributed by atoms with Crippen LogP contribution in [0.15, 0.2) is 48.5 Å². The van der Waals surface area contributed by atoms with Crippen LogP contribution in [0.4, 0.5) is 23.2 Å². The lowest BCUT2D eigenvalue weighted by atomic mass is 9.95. The molecule has 160 valence electrons. The van der Waals surface area contributed by atoms with Crippen molar-refractivity contribution in [2.24, 2.45) is 5.92 Å². The van der Waals surface area contributed by atoms with E-state index in [4.69, 9.17) is 0 Å². The highest BCUT2D eigenvalue weighted by atomic mass is 19.4. The molecule has 3 rings (SSSR count). The minimum absolute atomic E-state index is 0.214. The first kappa shape index (κ1) is 21.8. The van der Waals surface area contributed by atoms with E-state index in [1.54, 1.807) is 11.8 Å². The van der Waals surface area contributed by atoms with E-state index in [1.807, 2.05) is 0 Å². The second-order valence-electron chi connectivity index (χ2n) is 7.22. The van der Waals surface area contributed by atoms with Crippen molar-refractivity contribution in [2.75, 3.05) is 24.5 Å². The molecule has 2 amide bonds. The lowest BCUT2D eigenvalue weighted by molar-refractivity contribution is -0.137. The number of piperidine rings is 1. The molecular formula is C22H22F4N2O2. The van der Waals surface area contributed by atoms with E-state index in [-0.39, 0.29) is 18.4 Å². The van der Waals surface area contributed by atoms with Gasteiger partial charge in [0.05, 0.1) is 11.5 Å². The Morgan fingerprint density at radius 1 is 1.07 bits per heavy atom. The third-order valence-electron chi connectivity index (χ3n) is 5.24. The molecule has 1 fully saturated rings. The average Bonchev–Trinajstić information content (AvgIpc) is 2.74. The number of carbonyl (C=O) groups is 2. The van der Waals surface area contributed by atoms with Crippen LogP contribution in [0.2, 0.25) is 0 Å². The first-order chi connectivity index (χ1) is 14.2. The van der Waals surface area contributed by atoms with Crippen molar-refractivity contribution < 1.29 is 27.2 Å². The van der Waals surface area contributed by atoms with Gasteiger partial charge in [-0.15, -0.1) is 0 Å². The lowest BCUT2D eigenvalue weighted by Gasteiger charge is -2.35. The Morgan fingerprint density at radius 2 is 1.70 bits per heavy atom. The van der Waals surface area contributed by atoms with Crippen molar-refractivity contribution in [3.05, 3.63) is 65.5 Å². The van der Waals surface area contributed by atoms with Gasteiger partial charge in [-0.25, -0.2) is 4.39 Å². The fourth-order valence-corrected chi connectivity index (χ4v) is 3.65. The van der Waals surface area contributed by atoms with Crippen LogP contribution in [0.1, 0.15) is 35.7 Å². The Labute approximate surface area is 172 Å². The van der Waals surface area contributed by atoms with Gasteiger partial charge in [0.2, 0.25) is 5.91 Å². The molecule has 0 radical (unpaired) electrons. The van der Waals surface area contributed by atoms with Gasteiger partial charge in [0.1, 0.15) is 5.82 Å². The SMILES string of the molecule is CCN(C(=O)[C@@H]1CCCN(C(=O)c2ccc(F)cc2)C1)c1ccc(C(F)(F)F)cc1. The Hall–Kier alpha value is -2.90. The molecule has 8 heteroatoms. The average molecular weight is 422 g/mol. The zero-order valence-electron chi connectivity index (χ0n) is 16.5. The van der Waals surface area contributed by atoms with E-state index in [0.29, 0.717) is 37.2 Å². The summed E-state index contributed by atoms with van der Waals surface area (Å²) in [6.07, 6.45) is -3.22. The predicted octanol–water partition coefficient (Wildman–Crippen LogP) is 4.75. The molecule has 2 aromatic rings.